The fourth-order valence-corrected chi connectivity index (χ4v) is 1.60. The van der Waals surface area contributed by atoms with Gasteiger partial charge in [0.1, 0.15) is 3.74 Å². The normalized spacial score (nSPS) is 10.4. The van der Waals surface area contributed by atoms with Crippen LogP contribution in [-0.4, -0.2) is 18.1 Å². The molecule has 0 aliphatic carbocycles. The average Bonchev–Trinajstić information content (AvgIpc) is 2.16. The van der Waals surface area contributed by atoms with E-state index in [4.69, 9.17) is 0 Å². The van der Waals surface area contributed by atoms with Gasteiger partial charge in [-0.3, -0.25) is 0 Å². The molecule has 0 fully saturated rings. The van der Waals surface area contributed by atoms with Gasteiger partial charge in [0.25, 0.3) is 0 Å². The first-order chi connectivity index (χ1) is 6.56. The van der Waals surface area contributed by atoms with E-state index in [9.17, 15) is 9.18 Å². The third kappa shape index (κ3) is 2.51. The predicted molar refractivity (Wildman–Crippen MR) is 56.1 cm³/mol. The molecule has 1 rings (SSSR count). The molecule has 0 radical (unpaired) electrons. The minimum Gasteiger partial charge on any atom is -0.465 e. The summed E-state index contributed by atoms with van der Waals surface area (Å²) in [6.45, 7) is 0. The quantitative estimate of drug-likeness (QED) is 0.476. The van der Waals surface area contributed by atoms with Gasteiger partial charge in [-0.1, -0.05) is 31.9 Å². The molecular formula is C8H6Br2FNO2. The first-order valence-corrected chi connectivity index (χ1v) is 5.42. The molecular weight excluding hydrogens is 321 g/mol. The summed E-state index contributed by atoms with van der Waals surface area (Å²) < 4.78 is 16.9. The molecule has 0 bridgehead atoms. The van der Waals surface area contributed by atoms with Crippen molar-refractivity contribution in [2.24, 2.45) is 0 Å². The zero-order chi connectivity index (χ0) is 10.7. The van der Waals surface area contributed by atoms with Gasteiger partial charge in [-0.05, 0) is 12.1 Å². The van der Waals surface area contributed by atoms with E-state index >= 15 is 0 Å². The van der Waals surface area contributed by atoms with Crippen LogP contribution in [0.1, 0.15) is 19.8 Å². The predicted octanol–water partition coefficient (Wildman–Crippen LogP) is 2.80. The van der Waals surface area contributed by atoms with E-state index in [2.05, 4.69) is 41.6 Å². The molecule has 76 valence electrons. The number of alkyl halides is 2. The van der Waals surface area contributed by atoms with Crippen LogP contribution in [0.3, 0.4) is 0 Å². The monoisotopic (exact) mass is 325 g/mol. The lowest BCUT2D eigenvalue weighted by molar-refractivity contribution is 0.0599. The number of carbonyl (C=O) groups is 1. The third-order valence-corrected chi connectivity index (χ3v) is 2.37. The van der Waals surface area contributed by atoms with Crippen molar-refractivity contribution >= 4 is 37.8 Å². The number of halogens is 3. The van der Waals surface area contributed by atoms with E-state index in [-0.39, 0.29) is 15.0 Å². The molecule has 0 spiro atoms. The van der Waals surface area contributed by atoms with Crippen LogP contribution in [0.25, 0.3) is 0 Å². The van der Waals surface area contributed by atoms with Crippen molar-refractivity contribution in [3.8, 4) is 0 Å². The van der Waals surface area contributed by atoms with Crippen molar-refractivity contribution < 1.29 is 13.9 Å². The summed E-state index contributed by atoms with van der Waals surface area (Å²) in [5.74, 6) is -1.19. The molecule has 0 saturated carbocycles. The Morgan fingerprint density at radius 1 is 1.57 bits per heavy atom. The topological polar surface area (TPSA) is 39.2 Å². The number of hydrogen-bond acceptors (Lipinski definition) is 3. The Kier molecular flexibility index (Phi) is 4.00. The van der Waals surface area contributed by atoms with Crippen molar-refractivity contribution in [1.29, 1.82) is 0 Å². The van der Waals surface area contributed by atoms with Crippen LogP contribution >= 0.6 is 31.9 Å². The van der Waals surface area contributed by atoms with Crippen LogP contribution in [0, 0.1) is 5.95 Å². The first-order valence-electron chi connectivity index (χ1n) is 3.59. The molecule has 0 atom stereocenters. The molecule has 1 heterocycles. The number of hydrogen-bond donors (Lipinski definition) is 0. The highest BCUT2D eigenvalue weighted by atomic mass is 79.9. The number of carbonyl (C=O) groups excluding carboxylic acids is 1. The van der Waals surface area contributed by atoms with Crippen molar-refractivity contribution in [3.63, 3.8) is 0 Å². The zero-order valence-corrected chi connectivity index (χ0v) is 10.3. The Bertz CT molecular complexity index is 357. The van der Waals surface area contributed by atoms with Gasteiger partial charge < -0.3 is 4.74 Å². The largest absolute Gasteiger partial charge is 0.465 e. The van der Waals surface area contributed by atoms with Crippen LogP contribution in [0.5, 0.6) is 0 Å². The van der Waals surface area contributed by atoms with Gasteiger partial charge in [0.2, 0.25) is 5.95 Å². The van der Waals surface area contributed by atoms with Crippen molar-refractivity contribution in [1.82, 2.24) is 4.98 Å². The van der Waals surface area contributed by atoms with Gasteiger partial charge in [-0.25, -0.2) is 9.78 Å². The molecule has 0 saturated heterocycles. The van der Waals surface area contributed by atoms with E-state index < -0.39 is 11.9 Å². The van der Waals surface area contributed by atoms with Crippen molar-refractivity contribution in [3.05, 3.63) is 29.3 Å². The average molecular weight is 327 g/mol. The molecule has 14 heavy (non-hydrogen) atoms. The molecule has 1 aromatic rings. The smallest absolute Gasteiger partial charge is 0.339 e. The van der Waals surface area contributed by atoms with Crippen molar-refractivity contribution in [2.75, 3.05) is 7.11 Å². The van der Waals surface area contributed by atoms with Crippen LogP contribution in [-0.2, 0) is 4.74 Å². The van der Waals surface area contributed by atoms with E-state index in [0.29, 0.717) is 0 Å². The maximum atomic E-state index is 12.8. The molecule has 0 amide bonds. The minimum absolute atomic E-state index is 0.229. The van der Waals surface area contributed by atoms with Gasteiger partial charge in [-0.15, -0.1) is 0 Å². The molecule has 0 aliphatic heterocycles. The van der Waals surface area contributed by atoms with Crippen LogP contribution in [0.15, 0.2) is 12.1 Å². The van der Waals surface area contributed by atoms with E-state index in [0.717, 1.165) is 6.07 Å². The summed E-state index contributed by atoms with van der Waals surface area (Å²) in [4.78, 5) is 14.8. The molecule has 0 aliphatic rings. The second kappa shape index (κ2) is 4.84. The number of methoxy groups -OCH3 is 1. The van der Waals surface area contributed by atoms with E-state index in [1.165, 1.54) is 13.2 Å². The molecule has 0 unspecified atom stereocenters. The number of nitrogens with zero attached hydrogens (tertiary/aromatic N) is 1. The Morgan fingerprint density at radius 2 is 2.21 bits per heavy atom. The maximum absolute atomic E-state index is 12.8. The third-order valence-electron chi connectivity index (χ3n) is 1.50. The minimum atomic E-state index is -0.642. The zero-order valence-electron chi connectivity index (χ0n) is 7.13. The Hall–Kier alpha value is -0.490. The number of ether oxygens (including phenoxy) is 1. The summed E-state index contributed by atoms with van der Waals surface area (Å²) in [5.41, 5.74) is 0.490. The summed E-state index contributed by atoms with van der Waals surface area (Å²) in [7, 11) is 1.26. The highest BCUT2D eigenvalue weighted by Crippen LogP contribution is 2.30. The molecule has 0 N–H and O–H groups in total. The fraction of sp³-hybridized carbons (Fsp3) is 0.250. The van der Waals surface area contributed by atoms with Crippen molar-refractivity contribution in [2.45, 2.75) is 3.74 Å². The highest BCUT2D eigenvalue weighted by molar-refractivity contribution is 9.24. The standard InChI is InChI=1S/C8H6Br2FNO2/c1-14-8(13)4-2-3-5(11)12-6(4)7(9)10/h2-3,7H,1H3. The van der Waals surface area contributed by atoms with Gasteiger partial charge in [0.15, 0.2) is 0 Å². The number of aromatic nitrogens is 1. The van der Waals surface area contributed by atoms with Gasteiger partial charge in [0, 0.05) is 0 Å². The maximum Gasteiger partial charge on any atom is 0.339 e. The Balaban J connectivity index is 3.21. The van der Waals surface area contributed by atoms with Gasteiger partial charge >= 0.3 is 5.97 Å². The lowest BCUT2D eigenvalue weighted by Crippen LogP contribution is -2.08. The molecule has 6 heteroatoms. The summed E-state index contributed by atoms with van der Waals surface area (Å²) >= 11 is 6.29. The SMILES string of the molecule is COC(=O)c1ccc(F)nc1C(Br)Br. The Labute approximate surface area is 96.9 Å². The lowest BCUT2D eigenvalue weighted by atomic mass is 10.2. The van der Waals surface area contributed by atoms with Gasteiger partial charge in [0.05, 0.1) is 18.4 Å². The molecule has 3 nitrogen and oxygen atoms in total. The first kappa shape index (κ1) is 11.6. The molecule has 1 aromatic heterocycles. The van der Waals surface area contributed by atoms with E-state index in [1.54, 1.807) is 0 Å². The number of rotatable bonds is 2. The summed E-state index contributed by atoms with van der Waals surface area (Å²) in [5, 5.41) is 0. The summed E-state index contributed by atoms with van der Waals surface area (Å²) in [6.07, 6.45) is 0. The fourth-order valence-electron chi connectivity index (χ4n) is 0.899. The van der Waals surface area contributed by atoms with Crippen LogP contribution < -0.4 is 0 Å². The van der Waals surface area contributed by atoms with Crippen LogP contribution in [0.2, 0.25) is 0 Å². The number of pyridine rings is 1. The second-order valence-corrected chi connectivity index (χ2v) is 5.42. The number of esters is 1. The highest BCUT2D eigenvalue weighted by Gasteiger charge is 2.18. The van der Waals surface area contributed by atoms with Crippen LogP contribution in [0.4, 0.5) is 4.39 Å². The summed E-state index contributed by atoms with van der Waals surface area (Å²) in [6, 6.07) is 2.44. The Morgan fingerprint density at radius 3 is 2.71 bits per heavy atom. The second-order valence-electron chi connectivity index (χ2n) is 2.36. The molecule has 0 aromatic carbocycles. The lowest BCUT2D eigenvalue weighted by Gasteiger charge is -2.07. The van der Waals surface area contributed by atoms with Gasteiger partial charge in [-0.2, -0.15) is 4.39 Å². The van der Waals surface area contributed by atoms with E-state index in [1.807, 2.05) is 0 Å².